The van der Waals surface area contributed by atoms with Crippen LogP contribution in [-0.4, -0.2) is 32.4 Å². The molecule has 0 aliphatic carbocycles. The first-order valence-electron chi connectivity index (χ1n) is 7.65. The summed E-state index contributed by atoms with van der Waals surface area (Å²) in [6, 6.07) is 10.7. The van der Waals surface area contributed by atoms with Crippen molar-refractivity contribution in [3.63, 3.8) is 0 Å². The Morgan fingerprint density at radius 3 is 2.65 bits per heavy atom. The van der Waals surface area contributed by atoms with Crippen molar-refractivity contribution >= 4 is 15.9 Å². The molecule has 0 aromatic heterocycles. The third-order valence-electron chi connectivity index (χ3n) is 4.60. The summed E-state index contributed by atoms with van der Waals surface area (Å²) in [6.45, 7) is 1.22. The number of halogens is 1. The van der Waals surface area contributed by atoms with Crippen LogP contribution in [0.1, 0.15) is 22.7 Å². The third kappa shape index (κ3) is 2.22. The summed E-state index contributed by atoms with van der Waals surface area (Å²) in [5.41, 5.74) is 3.67. The zero-order valence-electron chi connectivity index (χ0n) is 13.1. The Bertz CT molecular complexity index is 748. The summed E-state index contributed by atoms with van der Waals surface area (Å²) in [7, 11) is 3.85. The van der Waals surface area contributed by atoms with Crippen molar-refractivity contribution in [2.24, 2.45) is 0 Å². The fourth-order valence-electron chi connectivity index (χ4n) is 3.56. The van der Waals surface area contributed by atoms with E-state index < -0.39 is 0 Å². The molecule has 0 amide bonds. The van der Waals surface area contributed by atoms with Crippen LogP contribution in [0.3, 0.4) is 0 Å². The maximum atomic E-state index is 5.76. The lowest BCUT2D eigenvalue weighted by Crippen LogP contribution is -2.33. The Morgan fingerprint density at radius 1 is 1.17 bits per heavy atom. The molecule has 1 atom stereocenters. The topological polar surface area (TPSA) is 30.9 Å². The molecule has 4 rings (SSSR count). The summed E-state index contributed by atoms with van der Waals surface area (Å²) in [6.07, 6.45) is 0.947. The van der Waals surface area contributed by atoms with Gasteiger partial charge in [-0.25, -0.2) is 0 Å². The van der Waals surface area contributed by atoms with E-state index in [4.69, 9.17) is 14.2 Å². The van der Waals surface area contributed by atoms with Crippen molar-refractivity contribution in [1.29, 1.82) is 0 Å². The summed E-state index contributed by atoms with van der Waals surface area (Å²) < 4.78 is 18.1. The molecule has 2 aliphatic heterocycles. The van der Waals surface area contributed by atoms with Gasteiger partial charge in [0.2, 0.25) is 12.5 Å². The molecule has 0 fully saturated rings. The second-order valence-electron chi connectivity index (χ2n) is 5.85. The van der Waals surface area contributed by atoms with Gasteiger partial charge in [-0.2, -0.15) is 0 Å². The minimum atomic E-state index is 0.140. The van der Waals surface area contributed by atoms with E-state index >= 15 is 0 Å². The lowest BCUT2D eigenvalue weighted by molar-refractivity contribution is 0.170. The molecule has 2 aliphatic rings. The number of ether oxygens (including phenoxy) is 3. The van der Waals surface area contributed by atoms with Crippen LogP contribution in [0.5, 0.6) is 17.2 Å². The fraction of sp³-hybridized carbons (Fsp3) is 0.333. The van der Waals surface area contributed by atoms with Gasteiger partial charge in [0.25, 0.3) is 0 Å². The van der Waals surface area contributed by atoms with Crippen molar-refractivity contribution in [2.45, 2.75) is 12.5 Å². The minimum absolute atomic E-state index is 0.140. The zero-order valence-corrected chi connectivity index (χ0v) is 14.7. The number of methoxy groups -OCH3 is 1. The highest BCUT2D eigenvalue weighted by atomic mass is 79.9. The highest BCUT2D eigenvalue weighted by molar-refractivity contribution is 9.10. The highest BCUT2D eigenvalue weighted by Gasteiger charge is 2.37. The molecule has 4 nitrogen and oxygen atoms in total. The first-order valence-corrected chi connectivity index (χ1v) is 8.44. The van der Waals surface area contributed by atoms with Gasteiger partial charge >= 0.3 is 0 Å². The predicted octanol–water partition coefficient (Wildman–Crippen LogP) is 3.76. The molecule has 0 N–H and O–H groups in total. The minimum Gasteiger partial charge on any atom is -0.492 e. The molecule has 2 aromatic carbocycles. The van der Waals surface area contributed by atoms with Crippen LogP contribution >= 0.6 is 15.9 Å². The SMILES string of the molecule is COc1c2c(c(Br)c3c1C(c1ccccc1)N(C)CC3)OCO2. The van der Waals surface area contributed by atoms with Crippen molar-refractivity contribution in [1.82, 2.24) is 4.90 Å². The van der Waals surface area contributed by atoms with Gasteiger partial charge in [0, 0.05) is 12.1 Å². The molecule has 0 saturated heterocycles. The van der Waals surface area contributed by atoms with Crippen LogP contribution in [0.15, 0.2) is 34.8 Å². The van der Waals surface area contributed by atoms with Gasteiger partial charge in [0.1, 0.15) is 0 Å². The quantitative estimate of drug-likeness (QED) is 0.799. The molecule has 1 unspecified atom stereocenters. The fourth-order valence-corrected chi connectivity index (χ4v) is 4.26. The first-order chi connectivity index (χ1) is 11.2. The van der Waals surface area contributed by atoms with Crippen LogP contribution in [0.2, 0.25) is 0 Å². The zero-order chi connectivity index (χ0) is 16.0. The van der Waals surface area contributed by atoms with Crippen LogP contribution in [0.25, 0.3) is 0 Å². The van der Waals surface area contributed by atoms with E-state index in [9.17, 15) is 0 Å². The number of likely N-dealkylation sites (N-methyl/N-ethyl adjacent to an activating group) is 1. The maximum Gasteiger partial charge on any atom is 0.231 e. The van der Waals surface area contributed by atoms with E-state index in [1.54, 1.807) is 7.11 Å². The molecule has 23 heavy (non-hydrogen) atoms. The molecule has 2 aromatic rings. The Hall–Kier alpha value is -1.72. The highest BCUT2D eigenvalue weighted by Crippen LogP contribution is 2.54. The van der Waals surface area contributed by atoms with Gasteiger partial charge in [-0.1, -0.05) is 30.3 Å². The van der Waals surface area contributed by atoms with Crippen LogP contribution in [0, 0.1) is 0 Å². The van der Waals surface area contributed by atoms with Gasteiger partial charge in [0.15, 0.2) is 11.5 Å². The Labute approximate surface area is 144 Å². The second-order valence-corrected chi connectivity index (χ2v) is 6.64. The molecule has 2 heterocycles. The standard InChI is InChI=1S/C18H18BrNO3/c1-20-9-8-12-13(15(20)11-6-4-3-5-7-11)16(21-2)18-17(14(12)19)22-10-23-18/h3-7,15H,8-10H2,1-2H3. The van der Waals surface area contributed by atoms with Gasteiger partial charge in [-0.3, -0.25) is 4.90 Å². The molecule has 0 saturated carbocycles. The molecule has 0 radical (unpaired) electrons. The van der Waals surface area contributed by atoms with Crippen molar-refractivity contribution in [3.8, 4) is 17.2 Å². The van der Waals surface area contributed by atoms with Crippen LogP contribution < -0.4 is 14.2 Å². The number of nitrogens with zero attached hydrogens (tertiary/aromatic N) is 1. The van der Waals surface area contributed by atoms with E-state index in [-0.39, 0.29) is 12.8 Å². The molecule has 0 bridgehead atoms. The van der Waals surface area contributed by atoms with E-state index in [1.807, 2.05) is 6.07 Å². The Kier molecular flexibility index (Phi) is 3.70. The summed E-state index contributed by atoms with van der Waals surface area (Å²) in [4.78, 5) is 2.36. The molecule has 120 valence electrons. The van der Waals surface area contributed by atoms with E-state index in [0.29, 0.717) is 5.75 Å². The predicted molar refractivity (Wildman–Crippen MR) is 91.4 cm³/mol. The van der Waals surface area contributed by atoms with Crippen LogP contribution in [0.4, 0.5) is 0 Å². The molecule has 5 heteroatoms. The smallest absolute Gasteiger partial charge is 0.231 e. The summed E-state index contributed by atoms with van der Waals surface area (Å²) >= 11 is 3.72. The average Bonchev–Trinajstić information content (AvgIpc) is 3.06. The summed E-state index contributed by atoms with van der Waals surface area (Å²) in [5, 5.41) is 0. The third-order valence-corrected chi connectivity index (χ3v) is 5.44. The average molecular weight is 376 g/mol. The Balaban J connectivity index is 1.99. The number of hydrogen-bond donors (Lipinski definition) is 0. The van der Waals surface area contributed by atoms with E-state index in [1.165, 1.54) is 16.7 Å². The van der Waals surface area contributed by atoms with Gasteiger partial charge in [-0.05, 0) is 40.5 Å². The Morgan fingerprint density at radius 2 is 1.91 bits per heavy atom. The number of benzene rings is 2. The van der Waals surface area contributed by atoms with Gasteiger partial charge < -0.3 is 14.2 Å². The normalized spacial score (nSPS) is 19.5. The lowest BCUT2D eigenvalue weighted by atomic mass is 9.87. The summed E-state index contributed by atoms with van der Waals surface area (Å²) in [5.74, 6) is 2.25. The largest absolute Gasteiger partial charge is 0.492 e. The molecule has 0 spiro atoms. The van der Waals surface area contributed by atoms with Crippen molar-refractivity contribution in [3.05, 3.63) is 51.5 Å². The van der Waals surface area contributed by atoms with Crippen molar-refractivity contribution in [2.75, 3.05) is 27.5 Å². The van der Waals surface area contributed by atoms with Crippen LogP contribution in [-0.2, 0) is 6.42 Å². The van der Waals surface area contributed by atoms with E-state index in [2.05, 4.69) is 52.1 Å². The van der Waals surface area contributed by atoms with Crippen molar-refractivity contribution < 1.29 is 14.2 Å². The monoisotopic (exact) mass is 375 g/mol. The first kappa shape index (κ1) is 14.8. The van der Waals surface area contributed by atoms with Gasteiger partial charge in [-0.15, -0.1) is 0 Å². The molecular formula is C18H18BrNO3. The second kappa shape index (κ2) is 5.73. The number of fused-ring (bicyclic) bond motifs is 2. The maximum absolute atomic E-state index is 5.76. The molecular weight excluding hydrogens is 358 g/mol. The van der Waals surface area contributed by atoms with E-state index in [0.717, 1.165) is 28.9 Å². The number of rotatable bonds is 2. The lowest BCUT2D eigenvalue weighted by Gasteiger charge is -2.36. The van der Waals surface area contributed by atoms with Gasteiger partial charge in [0.05, 0.1) is 17.6 Å². The number of hydrogen-bond acceptors (Lipinski definition) is 4.